The van der Waals surface area contributed by atoms with Gasteiger partial charge in [0, 0.05) is 95.1 Å². The number of aliphatic hydroxyl groups is 1. The number of aromatic nitrogens is 3. The number of ether oxygens (including phenoxy) is 1. The molecule has 6 aliphatic heterocycles. The summed E-state index contributed by atoms with van der Waals surface area (Å²) in [5.41, 5.74) is 14.2. The molecule has 6 N–H and O–H groups in total. The molecule has 17 nitrogen and oxygen atoms in total. The van der Waals surface area contributed by atoms with Crippen molar-refractivity contribution in [2.45, 2.75) is 153 Å². The van der Waals surface area contributed by atoms with Crippen LogP contribution in [-0.4, -0.2) is 171 Å². The Labute approximate surface area is 476 Å². The van der Waals surface area contributed by atoms with Crippen LogP contribution in [0.5, 0.6) is 5.75 Å². The van der Waals surface area contributed by atoms with Crippen LogP contribution in [0, 0.1) is 24.7 Å². The highest BCUT2D eigenvalue weighted by atomic mass is 32.1. The third-order valence-corrected chi connectivity index (χ3v) is 20.3. The van der Waals surface area contributed by atoms with Crippen molar-refractivity contribution < 1.29 is 29.1 Å². The predicted octanol–water partition coefficient (Wildman–Crippen LogP) is 8.26. The molecule has 430 valence electrons. The molecule has 6 atom stereocenters. The van der Waals surface area contributed by atoms with Crippen molar-refractivity contribution in [1.29, 1.82) is 0 Å². The van der Waals surface area contributed by atoms with Crippen LogP contribution in [0.2, 0.25) is 0 Å². The molecule has 2 amide bonds. The normalized spacial score (nSPS) is 26.6. The van der Waals surface area contributed by atoms with Gasteiger partial charge in [-0.25, -0.2) is 4.98 Å². The molecular weight excluding hydrogens is 1030 g/mol. The van der Waals surface area contributed by atoms with E-state index in [-0.39, 0.29) is 42.5 Å². The molecule has 2 bridgehead atoms. The van der Waals surface area contributed by atoms with Crippen molar-refractivity contribution in [2.75, 3.05) is 87.5 Å². The number of anilines is 3. The van der Waals surface area contributed by atoms with Gasteiger partial charge in [-0.05, 0) is 138 Å². The van der Waals surface area contributed by atoms with E-state index in [0.717, 1.165) is 122 Å². The topological polar surface area (TPSA) is 196 Å². The number of carbonyl (C=O) groups excluding carboxylic acids is 2. The zero-order chi connectivity index (χ0) is 55.2. The van der Waals surface area contributed by atoms with Crippen LogP contribution in [0.3, 0.4) is 0 Å². The molecule has 2 unspecified atom stereocenters. The van der Waals surface area contributed by atoms with Gasteiger partial charge in [-0.1, -0.05) is 55.4 Å². The summed E-state index contributed by atoms with van der Waals surface area (Å²) >= 11 is 1.61. The number of H-pyrrole nitrogens is 1. The van der Waals surface area contributed by atoms with Crippen molar-refractivity contribution in [3.05, 3.63) is 83.2 Å². The van der Waals surface area contributed by atoms with Crippen LogP contribution >= 0.6 is 11.3 Å². The van der Waals surface area contributed by atoms with Crippen LogP contribution in [0.1, 0.15) is 120 Å². The molecule has 0 spiro atoms. The molecule has 6 saturated heterocycles. The number of piperidine rings is 3. The molecule has 12 rings (SSSR count). The summed E-state index contributed by atoms with van der Waals surface area (Å²) in [7, 11) is 0. The van der Waals surface area contributed by atoms with Crippen LogP contribution in [-0.2, 0) is 14.3 Å². The number of phenolic OH excluding ortho intramolecular Hbond substituents is 1. The Morgan fingerprint density at radius 2 is 1.50 bits per heavy atom. The first-order chi connectivity index (χ1) is 38.8. The number of β-amino-alcohol motifs (C(OH)–C–C–N with tert-alkyl or cyclic N) is 1. The monoisotopic (exact) mass is 1110 g/mol. The number of fused-ring (bicyclic) bond motifs is 2. The van der Waals surface area contributed by atoms with E-state index in [2.05, 4.69) is 63.1 Å². The lowest BCUT2D eigenvalue weighted by Gasteiger charge is -2.48. The minimum atomic E-state index is -0.791. The van der Waals surface area contributed by atoms with Gasteiger partial charge in [0.1, 0.15) is 23.5 Å². The second-order valence-electron chi connectivity index (χ2n) is 25.1. The molecule has 80 heavy (non-hydrogen) atoms. The Hall–Kier alpha value is -5.50. The first-order valence-corrected chi connectivity index (χ1v) is 31.1. The number of hydrogen-bond donors (Lipinski definition) is 5. The number of para-hydroxylation sites is 1. The third-order valence-electron chi connectivity index (χ3n) is 19.4. The van der Waals surface area contributed by atoms with E-state index in [1.165, 1.54) is 58.2 Å². The van der Waals surface area contributed by atoms with Gasteiger partial charge in [0.25, 0.3) is 0 Å². The van der Waals surface area contributed by atoms with Gasteiger partial charge in [0.2, 0.25) is 11.8 Å². The predicted molar refractivity (Wildman–Crippen MR) is 314 cm³/mol. The Balaban J connectivity index is 0.539. The number of rotatable bonds is 17. The number of benzene rings is 2. The number of nitrogen functional groups attached to an aromatic ring is 1. The maximum atomic E-state index is 14.4. The molecule has 5 aromatic rings. The molecular formula is C62H85N11O6S. The number of thiazole rings is 1. The quantitative estimate of drug-likeness (QED) is 0.0597. The van der Waals surface area contributed by atoms with Gasteiger partial charge in [0.15, 0.2) is 11.6 Å². The average Bonchev–Trinajstić information content (AvgIpc) is 4.32. The van der Waals surface area contributed by atoms with Gasteiger partial charge >= 0.3 is 0 Å². The second kappa shape index (κ2) is 23.8. The zero-order valence-corrected chi connectivity index (χ0v) is 48.2. The minimum absolute atomic E-state index is 0.0970. The number of nitrogens with two attached hydrogens (primary N) is 1. The fourth-order valence-corrected chi connectivity index (χ4v) is 15.7. The van der Waals surface area contributed by atoms with Crippen LogP contribution in [0.4, 0.5) is 17.3 Å². The van der Waals surface area contributed by atoms with E-state index in [0.29, 0.717) is 47.8 Å². The van der Waals surface area contributed by atoms with Crippen LogP contribution in [0.25, 0.3) is 21.7 Å². The number of aliphatic hydroxyl groups excluding tert-OH is 1. The first-order valence-electron chi connectivity index (χ1n) is 30.2. The number of carbonyl (C=O) groups is 2. The highest BCUT2D eigenvalue weighted by Gasteiger charge is 2.46. The maximum absolute atomic E-state index is 14.4. The van der Waals surface area contributed by atoms with Gasteiger partial charge in [-0.3, -0.25) is 14.5 Å². The summed E-state index contributed by atoms with van der Waals surface area (Å²) in [6.45, 7) is 18.7. The molecule has 7 aliphatic rings. The van der Waals surface area contributed by atoms with Crippen molar-refractivity contribution >= 4 is 40.5 Å². The first kappa shape index (κ1) is 55.1. The average molecular weight is 1110 g/mol. The van der Waals surface area contributed by atoms with Crippen molar-refractivity contribution in [3.8, 4) is 27.4 Å². The number of amides is 2. The number of nitrogens with zero attached hydrogens (tertiary/aromatic N) is 8. The Morgan fingerprint density at radius 3 is 2.17 bits per heavy atom. The summed E-state index contributed by atoms with van der Waals surface area (Å²) in [4.78, 5) is 51.7. The van der Waals surface area contributed by atoms with E-state index in [9.17, 15) is 19.8 Å². The lowest BCUT2D eigenvalue weighted by atomic mass is 9.81. The smallest absolute Gasteiger partial charge is 0.243 e. The number of hydrogen-bond acceptors (Lipinski definition) is 15. The van der Waals surface area contributed by atoms with Gasteiger partial charge in [-0.15, -0.1) is 11.3 Å². The Morgan fingerprint density at radius 1 is 0.812 bits per heavy atom. The number of aryl methyl sites for hydroxylation is 1. The number of piperazine rings is 1. The van der Waals surface area contributed by atoms with Crippen molar-refractivity contribution in [2.24, 2.45) is 17.8 Å². The van der Waals surface area contributed by atoms with Crippen molar-refractivity contribution in [1.82, 2.24) is 40.0 Å². The van der Waals surface area contributed by atoms with E-state index in [4.69, 9.17) is 15.0 Å². The molecule has 7 fully saturated rings. The fourth-order valence-electron chi connectivity index (χ4n) is 14.9. The van der Waals surface area contributed by atoms with Gasteiger partial charge in [0.05, 0.1) is 51.8 Å². The summed E-state index contributed by atoms with van der Waals surface area (Å²) < 4.78 is 12.7. The number of nitrogens with one attached hydrogen (secondary N) is 2. The third kappa shape index (κ3) is 11.8. The second-order valence-corrected chi connectivity index (χ2v) is 26.0. The zero-order valence-electron chi connectivity index (χ0n) is 47.4. The minimum Gasteiger partial charge on any atom is -0.507 e. The highest BCUT2D eigenvalue weighted by molar-refractivity contribution is 7.13. The summed E-state index contributed by atoms with van der Waals surface area (Å²) in [5, 5.41) is 28.9. The van der Waals surface area contributed by atoms with Crippen LogP contribution < -0.4 is 20.9 Å². The van der Waals surface area contributed by atoms with Crippen molar-refractivity contribution in [3.63, 3.8) is 0 Å². The Bertz CT molecular complexity index is 2880. The standard InChI is InChI=1S/C62H85N11O6S/c1-38(2)58(62(77)72-36-48(74)29-54(72)61(76)65-39(3)43-9-11-44(12-10-43)59-40(4)64-37-80-59)56-31-57(67-79-56)70-25-15-41(16-26-70)32-69-23-19-49(20-24-69)78-50-27-42(28-50)33-68-21-17-45(18-22-68)73-46-13-14-47(73)35-71(34-46)53-30-52(66-60(53)63)51-7-5-6-8-55(51)75/h5-12,30-31,37-39,41-42,45-50,54,58,66,74-75H,13-29,32-36,63H2,1-4H3,(H,65,76)/t39-,42-,46?,47?,48+,50-,54-,58+/m0/s1. The molecule has 3 aromatic heterocycles. The molecule has 1 aliphatic carbocycles. The van der Waals surface area contributed by atoms with Gasteiger partial charge in [-0.2, -0.15) is 0 Å². The maximum Gasteiger partial charge on any atom is 0.243 e. The largest absolute Gasteiger partial charge is 0.507 e. The van der Waals surface area contributed by atoms with E-state index >= 15 is 0 Å². The molecule has 1 saturated carbocycles. The fraction of sp³-hybridized carbons (Fsp3) is 0.613. The van der Waals surface area contributed by atoms with E-state index < -0.39 is 18.1 Å². The molecule has 9 heterocycles. The van der Waals surface area contributed by atoms with Crippen LogP contribution in [0.15, 0.2) is 70.7 Å². The lowest BCUT2D eigenvalue weighted by Crippen LogP contribution is -2.59. The molecule has 18 heteroatoms. The van der Waals surface area contributed by atoms with E-state index in [1.807, 2.05) is 69.6 Å². The van der Waals surface area contributed by atoms with E-state index in [1.54, 1.807) is 22.3 Å². The SMILES string of the molecule is Cc1ncsc1-c1ccc([C@H](C)NC(=O)[C@@H]2C[C@@H](O)CN2C(=O)[C@@H](c2cc(N3CCC(CN4CCC(O[C@H]5C[C@H](CN6CCC(N7C8CCC7CN(c7cc(-c9ccccc9O)[nH]c7N)C8)CC6)C5)CC4)CC3)no2)C(C)C)cc1. The number of phenols is 1. The number of aromatic hydroxyl groups is 1. The number of likely N-dealkylation sites (tertiary alicyclic amines) is 3. The summed E-state index contributed by atoms with van der Waals surface area (Å²) in [6.07, 6.45) is 12.0. The Kier molecular flexibility index (Phi) is 16.4. The highest BCUT2D eigenvalue weighted by Crippen LogP contribution is 2.42. The summed E-state index contributed by atoms with van der Waals surface area (Å²) in [5.74, 6) is 2.34. The molecule has 0 radical (unpaired) electrons. The molecule has 2 aromatic carbocycles. The number of aromatic amines is 1. The summed E-state index contributed by atoms with van der Waals surface area (Å²) in [6, 6.07) is 20.4. The lowest BCUT2D eigenvalue weighted by molar-refractivity contribution is -0.141. The van der Waals surface area contributed by atoms with Gasteiger partial charge < -0.3 is 60.0 Å².